The summed E-state index contributed by atoms with van der Waals surface area (Å²) in [5, 5.41) is 6.86. The van der Waals surface area contributed by atoms with Gasteiger partial charge in [-0.15, -0.1) is 17.9 Å². The van der Waals surface area contributed by atoms with Crippen LogP contribution in [0.15, 0.2) is 18.0 Å². The van der Waals surface area contributed by atoms with E-state index in [1.165, 1.54) is 11.4 Å². The minimum Gasteiger partial charge on any atom is -0.313 e. The Morgan fingerprint density at radius 1 is 1.67 bits per heavy atom. The van der Waals surface area contributed by atoms with E-state index in [1.54, 1.807) is 11.3 Å². The maximum absolute atomic E-state index is 4.49. The van der Waals surface area contributed by atoms with Crippen molar-refractivity contribution in [3.05, 3.63) is 28.7 Å². The van der Waals surface area contributed by atoms with Crippen molar-refractivity contribution in [1.82, 2.24) is 10.3 Å². The molecule has 1 N–H and O–H groups in total. The van der Waals surface area contributed by atoms with E-state index in [9.17, 15) is 0 Å². The van der Waals surface area contributed by atoms with Crippen molar-refractivity contribution in [1.29, 1.82) is 0 Å². The zero-order chi connectivity index (χ0) is 11.1. The van der Waals surface area contributed by atoms with E-state index in [2.05, 4.69) is 29.2 Å². The predicted molar refractivity (Wildman–Crippen MR) is 67.5 cm³/mol. The lowest BCUT2D eigenvalue weighted by molar-refractivity contribution is 0.511. The van der Waals surface area contributed by atoms with Crippen molar-refractivity contribution in [2.45, 2.75) is 39.2 Å². The number of aromatic nitrogens is 1. The van der Waals surface area contributed by atoms with Gasteiger partial charge in [0, 0.05) is 23.5 Å². The first-order valence-electron chi connectivity index (χ1n) is 5.51. The molecule has 15 heavy (non-hydrogen) atoms. The van der Waals surface area contributed by atoms with Crippen LogP contribution in [0.3, 0.4) is 0 Å². The fourth-order valence-electron chi connectivity index (χ4n) is 1.50. The van der Waals surface area contributed by atoms with Crippen LogP contribution < -0.4 is 5.32 Å². The molecule has 2 nitrogen and oxygen atoms in total. The van der Waals surface area contributed by atoms with Crippen LogP contribution in [0.2, 0.25) is 0 Å². The van der Waals surface area contributed by atoms with Gasteiger partial charge in [-0.05, 0) is 26.3 Å². The zero-order valence-corrected chi connectivity index (χ0v) is 10.4. The average Bonchev–Trinajstić information content (AvgIpc) is 2.61. The van der Waals surface area contributed by atoms with Crippen LogP contribution in [0, 0.1) is 6.92 Å². The van der Waals surface area contributed by atoms with E-state index in [-0.39, 0.29) is 0 Å². The molecule has 0 radical (unpaired) electrons. The summed E-state index contributed by atoms with van der Waals surface area (Å²) in [7, 11) is 0. The highest BCUT2D eigenvalue weighted by Crippen LogP contribution is 2.12. The second-order valence-electron chi connectivity index (χ2n) is 3.76. The highest BCUT2D eigenvalue weighted by molar-refractivity contribution is 7.09. The molecule has 0 aromatic carbocycles. The van der Waals surface area contributed by atoms with Crippen LogP contribution in [0.25, 0.3) is 0 Å². The highest BCUT2D eigenvalue weighted by atomic mass is 32.1. The molecule has 1 rings (SSSR count). The first-order chi connectivity index (χ1) is 7.26. The summed E-state index contributed by atoms with van der Waals surface area (Å²) < 4.78 is 0. The lowest BCUT2D eigenvalue weighted by Gasteiger charge is -2.14. The molecule has 0 saturated heterocycles. The summed E-state index contributed by atoms with van der Waals surface area (Å²) in [6.07, 6.45) is 5.18. The lowest BCUT2D eigenvalue weighted by atomic mass is 10.1. The normalized spacial score (nSPS) is 12.7. The standard InChI is InChI=1S/C12H20N2S/c1-4-6-11(13-7-5-2)8-12-14-10(3)9-15-12/h4,9,11,13H,1,5-8H2,2-3H3. The van der Waals surface area contributed by atoms with Gasteiger partial charge >= 0.3 is 0 Å². The first-order valence-corrected chi connectivity index (χ1v) is 6.39. The molecule has 0 amide bonds. The van der Waals surface area contributed by atoms with Gasteiger partial charge in [0.1, 0.15) is 0 Å². The number of nitrogens with zero attached hydrogens (tertiary/aromatic N) is 1. The van der Waals surface area contributed by atoms with Gasteiger partial charge in [0.15, 0.2) is 0 Å². The molecule has 1 unspecified atom stereocenters. The summed E-state index contributed by atoms with van der Waals surface area (Å²) >= 11 is 1.75. The van der Waals surface area contributed by atoms with Crippen molar-refractivity contribution in [3.63, 3.8) is 0 Å². The third-order valence-corrected chi connectivity index (χ3v) is 3.21. The van der Waals surface area contributed by atoms with Gasteiger partial charge in [0.05, 0.1) is 5.01 Å². The molecule has 0 fully saturated rings. The minimum atomic E-state index is 0.494. The molecule has 0 bridgehead atoms. The van der Waals surface area contributed by atoms with Gasteiger partial charge in [-0.25, -0.2) is 4.98 Å². The van der Waals surface area contributed by atoms with Gasteiger partial charge in [0.25, 0.3) is 0 Å². The molecule has 0 aliphatic rings. The summed E-state index contributed by atoms with van der Waals surface area (Å²) in [5.74, 6) is 0. The number of hydrogen-bond donors (Lipinski definition) is 1. The van der Waals surface area contributed by atoms with E-state index in [0.717, 1.165) is 25.1 Å². The summed E-state index contributed by atoms with van der Waals surface area (Å²) in [6, 6.07) is 0.494. The van der Waals surface area contributed by atoms with Gasteiger partial charge in [-0.1, -0.05) is 13.0 Å². The average molecular weight is 224 g/mol. The molecule has 1 heterocycles. The van der Waals surface area contributed by atoms with Crippen LogP contribution in [0.5, 0.6) is 0 Å². The number of rotatable bonds is 7. The number of nitrogens with one attached hydrogen (secondary N) is 1. The van der Waals surface area contributed by atoms with E-state index < -0.39 is 0 Å². The highest BCUT2D eigenvalue weighted by Gasteiger charge is 2.09. The Morgan fingerprint density at radius 3 is 3.00 bits per heavy atom. The maximum atomic E-state index is 4.49. The Balaban J connectivity index is 2.46. The van der Waals surface area contributed by atoms with Gasteiger partial charge < -0.3 is 5.32 Å². The first kappa shape index (κ1) is 12.4. The third-order valence-electron chi connectivity index (χ3n) is 2.22. The Bertz CT molecular complexity index is 294. The van der Waals surface area contributed by atoms with Crippen molar-refractivity contribution < 1.29 is 0 Å². The molecular weight excluding hydrogens is 204 g/mol. The van der Waals surface area contributed by atoms with Crippen LogP contribution in [0.4, 0.5) is 0 Å². The van der Waals surface area contributed by atoms with Crippen molar-refractivity contribution in [3.8, 4) is 0 Å². The predicted octanol–water partition coefficient (Wildman–Crippen LogP) is 2.94. The number of hydrogen-bond acceptors (Lipinski definition) is 3. The molecule has 3 heteroatoms. The van der Waals surface area contributed by atoms with Crippen LogP contribution >= 0.6 is 11.3 Å². The Kier molecular flexibility index (Phi) is 5.58. The molecular formula is C12H20N2S. The van der Waals surface area contributed by atoms with Gasteiger partial charge in [-0.2, -0.15) is 0 Å². The fraction of sp³-hybridized carbons (Fsp3) is 0.583. The smallest absolute Gasteiger partial charge is 0.0943 e. The second-order valence-corrected chi connectivity index (χ2v) is 4.70. The molecule has 0 aliphatic heterocycles. The number of thiazole rings is 1. The second kappa shape index (κ2) is 6.75. The summed E-state index contributed by atoms with van der Waals surface area (Å²) in [4.78, 5) is 4.49. The Labute approximate surface area is 96.4 Å². The van der Waals surface area contributed by atoms with E-state index in [1.807, 2.05) is 13.0 Å². The summed E-state index contributed by atoms with van der Waals surface area (Å²) in [6.45, 7) is 9.10. The summed E-state index contributed by atoms with van der Waals surface area (Å²) in [5.41, 5.74) is 1.13. The Morgan fingerprint density at radius 2 is 2.47 bits per heavy atom. The van der Waals surface area contributed by atoms with E-state index >= 15 is 0 Å². The van der Waals surface area contributed by atoms with E-state index in [0.29, 0.717) is 6.04 Å². The monoisotopic (exact) mass is 224 g/mol. The van der Waals surface area contributed by atoms with Crippen molar-refractivity contribution in [2.75, 3.05) is 6.54 Å². The van der Waals surface area contributed by atoms with Crippen molar-refractivity contribution in [2.24, 2.45) is 0 Å². The Hall–Kier alpha value is -0.670. The largest absolute Gasteiger partial charge is 0.313 e. The number of aryl methyl sites for hydroxylation is 1. The molecule has 84 valence electrons. The molecule has 0 aliphatic carbocycles. The maximum Gasteiger partial charge on any atom is 0.0943 e. The van der Waals surface area contributed by atoms with E-state index in [4.69, 9.17) is 0 Å². The van der Waals surface area contributed by atoms with Crippen LogP contribution in [0.1, 0.15) is 30.5 Å². The fourth-order valence-corrected chi connectivity index (χ4v) is 2.35. The van der Waals surface area contributed by atoms with Gasteiger partial charge in [-0.3, -0.25) is 0 Å². The minimum absolute atomic E-state index is 0.494. The molecule has 1 atom stereocenters. The van der Waals surface area contributed by atoms with Crippen molar-refractivity contribution >= 4 is 11.3 Å². The molecule has 1 aromatic heterocycles. The SMILES string of the molecule is C=CCC(Cc1nc(C)cs1)NCCC. The quantitative estimate of drug-likeness (QED) is 0.720. The molecule has 0 saturated carbocycles. The third kappa shape index (κ3) is 4.58. The molecule has 1 aromatic rings. The van der Waals surface area contributed by atoms with Gasteiger partial charge in [0.2, 0.25) is 0 Å². The van der Waals surface area contributed by atoms with Crippen LogP contribution in [-0.2, 0) is 6.42 Å². The molecule has 0 spiro atoms. The van der Waals surface area contributed by atoms with Crippen LogP contribution in [-0.4, -0.2) is 17.6 Å². The lowest BCUT2D eigenvalue weighted by Crippen LogP contribution is -2.31. The zero-order valence-electron chi connectivity index (χ0n) is 9.62. The topological polar surface area (TPSA) is 24.9 Å².